The van der Waals surface area contributed by atoms with Crippen LogP contribution in [0.2, 0.25) is 0 Å². The van der Waals surface area contributed by atoms with Gasteiger partial charge >= 0.3 is 0 Å². The fraction of sp³-hybridized carbons (Fsp3) is 0.500. The van der Waals surface area contributed by atoms with Gasteiger partial charge in [0.05, 0.1) is 6.42 Å². The Bertz CT molecular complexity index is 118. The number of hydrogen-bond acceptors (Lipinski definition) is 1. The summed E-state index contributed by atoms with van der Waals surface area (Å²) in [5, 5.41) is 2.65. The first-order valence-electron chi connectivity index (χ1n) is 3.40. The Balaban J connectivity index is 3.34. The maximum atomic E-state index is 10.8. The van der Waals surface area contributed by atoms with Gasteiger partial charge in [-0.05, 0) is 5.92 Å². The van der Waals surface area contributed by atoms with E-state index in [1.165, 1.54) is 0 Å². The number of hydrogen-bond donors (Lipinski definition) is 1. The minimum atomic E-state index is -0.0186. The quantitative estimate of drug-likeness (QED) is 0.583. The SMILES string of the molecule is C=CCNC(=O)[CH]C(C)C. The molecule has 0 saturated carbocycles. The van der Waals surface area contributed by atoms with Gasteiger partial charge in [-0.1, -0.05) is 19.9 Å². The minimum absolute atomic E-state index is 0.0186. The molecule has 57 valence electrons. The highest BCUT2D eigenvalue weighted by atomic mass is 16.1. The topological polar surface area (TPSA) is 29.1 Å². The van der Waals surface area contributed by atoms with Crippen molar-refractivity contribution < 1.29 is 4.79 Å². The van der Waals surface area contributed by atoms with Crippen molar-refractivity contribution >= 4 is 5.91 Å². The van der Waals surface area contributed by atoms with Crippen molar-refractivity contribution in [3.05, 3.63) is 19.1 Å². The van der Waals surface area contributed by atoms with Crippen LogP contribution in [0.5, 0.6) is 0 Å². The van der Waals surface area contributed by atoms with Crippen molar-refractivity contribution in [1.82, 2.24) is 5.32 Å². The van der Waals surface area contributed by atoms with Crippen LogP contribution in [-0.2, 0) is 4.79 Å². The standard InChI is InChI=1S/C8H14NO/c1-4-5-9-8(10)6-7(2)3/h4,6-7H,1,5H2,2-3H3,(H,9,10). The first-order chi connectivity index (χ1) is 4.66. The molecule has 0 aromatic heterocycles. The lowest BCUT2D eigenvalue weighted by Gasteiger charge is -2.02. The molecule has 0 heterocycles. The number of amides is 1. The van der Waals surface area contributed by atoms with Gasteiger partial charge in [0.25, 0.3) is 0 Å². The molecule has 0 spiro atoms. The van der Waals surface area contributed by atoms with E-state index in [-0.39, 0.29) is 5.91 Å². The summed E-state index contributed by atoms with van der Waals surface area (Å²) in [7, 11) is 0. The highest BCUT2D eigenvalue weighted by molar-refractivity contribution is 5.84. The van der Waals surface area contributed by atoms with E-state index in [1.54, 1.807) is 12.5 Å². The molecule has 0 aromatic carbocycles. The average molecular weight is 140 g/mol. The van der Waals surface area contributed by atoms with Gasteiger partial charge in [-0.15, -0.1) is 6.58 Å². The summed E-state index contributed by atoms with van der Waals surface area (Å²) in [5.74, 6) is 0.291. The van der Waals surface area contributed by atoms with Gasteiger partial charge in [-0.25, -0.2) is 0 Å². The van der Waals surface area contributed by atoms with E-state index >= 15 is 0 Å². The van der Waals surface area contributed by atoms with Gasteiger partial charge < -0.3 is 5.32 Å². The third-order valence-corrected chi connectivity index (χ3v) is 0.905. The van der Waals surface area contributed by atoms with Gasteiger partial charge in [0.2, 0.25) is 5.91 Å². The third-order valence-electron chi connectivity index (χ3n) is 0.905. The van der Waals surface area contributed by atoms with Gasteiger partial charge in [-0.3, -0.25) is 4.79 Å². The number of carbonyl (C=O) groups is 1. The van der Waals surface area contributed by atoms with E-state index in [9.17, 15) is 4.79 Å². The van der Waals surface area contributed by atoms with E-state index in [2.05, 4.69) is 11.9 Å². The summed E-state index contributed by atoms with van der Waals surface area (Å²) in [4.78, 5) is 10.8. The maximum Gasteiger partial charge on any atom is 0.224 e. The van der Waals surface area contributed by atoms with Crippen LogP contribution in [-0.4, -0.2) is 12.5 Å². The van der Waals surface area contributed by atoms with Gasteiger partial charge in [0.15, 0.2) is 0 Å². The second-order valence-electron chi connectivity index (χ2n) is 2.44. The molecule has 0 aliphatic rings. The van der Waals surface area contributed by atoms with Crippen molar-refractivity contribution in [2.24, 2.45) is 5.92 Å². The number of rotatable bonds is 4. The van der Waals surface area contributed by atoms with Crippen LogP contribution >= 0.6 is 0 Å². The summed E-state index contributed by atoms with van der Waals surface area (Å²) < 4.78 is 0. The van der Waals surface area contributed by atoms with Gasteiger partial charge in [-0.2, -0.15) is 0 Å². The second kappa shape index (κ2) is 5.03. The molecule has 2 nitrogen and oxygen atoms in total. The second-order valence-corrected chi connectivity index (χ2v) is 2.44. The van der Waals surface area contributed by atoms with Crippen molar-refractivity contribution in [3.8, 4) is 0 Å². The molecule has 0 unspecified atom stereocenters. The lowest BCUT2D eigenvalue weighted by atomic mass is 10.1. The average Bonchev–Trinajstić information content (AvgIpc) is 1.82. The Labute approximate surface area is 62.3 Å². The normalized spacial score (nSPS) is 9.50. The zero-order valence-electron chi connectivity index (χ0n) is 6.55. The molecule has 0 aliphatic carbocycles. The van der Waals surface area contributed by atoms with Crippen LogP contribution in [0.1, 0.15) is 13.8 Å². The van der Waals surface area contributed by atoms with Crippen LogP contribution in [0.25, 0.3) is 0 Å². The molecule has 1 N–H and O–H groups in total. The highest BCUT2D eigenvalue weighted by Crippen LogP contribution is 1.95. The van der Waals surface area contributed by atoms with Crippen molar-refractivity contribution in [1.29, 1.82) is 0 Å². The van der Waals surface area contributed by atoms with E-state index in [0.29, 0.717) is 12.5 Å². The zero-order chi connectivity index (χ0) is 7.98. The summed E-state index contributed by atoms with van der Waals surface area (Å²) in [5.41, 5.74) is 0. The molecule has 0 rings (SSSR count). The van der Waals surface area contributed by atoms with Crippen LogP contribution in [0.3, 0.4) is 0 Å². The first-order valence-corrected chi connectivity index (χ1v) is 3.40. The molecule has 0 fully saturated rings. The van der Waals surface area contributed by atoms with Crippen LogP contribution < -0.4 is 5.32 Å². The Kier molecular flexibility index (Phi) is 4.63. The predicted octanol–water partition coefficient (Wildman–Crippen LogP) is 1.15. The Morgan fingerprint density at radius 3 is 2.70 bits per heavy atom. The summed E-state index contributed by atoms with van der Waals surface area (Å²) in [6.45, 7) is 7.96. The fourth-order valence-electron chi connectivity index (χ4n) is 0.534. The van der Waals surface area contributed by atoms with E-state index in [4.69, 9.17) is 0 Å². The Morgan fingerprint density at radius 2 is 2.30 bits per heavy atom. The molecule has 10 heavy (non-hydrogen) atoms. The lowest BCUT2D eigenvalue weighted by Crippen LogP contribution is -2.24. The molecule has 0 bridgehead atoms. The maximum absolute atomic E-state index is 10.8. The van der Waals surface area contributed by atoms with Gasteiger partial charge in [0.1, 0.15) is 0 Å². The number of carbonyl (C=O) groups excluding carboxylic acids is 1. The summed E-state index contributed by atoms with van der Waals surface area (Å²) in [6.07, 6.45) is 3.30. The molecule has 1 amide bonds. The first kappa shape index (κ1) is 9.21. The van der Waals surface area contributed by atoms with Crippen LogP contribution in [0, 0.1) is 12.3 Å². The highest BCUT2D eigenvalue weighted by Gasteiger charge is 2.02. The molecule has 0 atom stereocenters. The molecular weight excluding hydrogens is 126 g/mol. The van der Waals surface area contributed by atoms with Crippen molar-refractivity contribution in [3.63, 3.8) is 0 Å². The molecule has 0 aromatic rings. The number of nitrogens with one attached hydrogen (secondary N) is 1. The summed E-state index contributed by atoms with van der Waals surface area (Å²) in [6, 6.07) is 0. The monoisotopic (exact) mass is 140 g/mol. The minimum Gasteiger partial charge on any atom is -0.352 e. The summed E-state index contributed by atoms with van der Waals surface area (Å²) >= 11 is 0. The fourth-order valence-corrected chi connectivity index (χ4v) is 0.534. The largest absolute Gasteiger partial charge is 0.352 e. The van der Waals surface area contributed by atoms with Gasteiger partial charge in [0, 0.05) is 6.54 Å². The molecular formula is C8H14NO. The molecule has 2 heteroatoms. The van der Waals surface area contributed by atoms with E-state index in [0.717, 1.165) is 0 Å². The lowest BCUT2D eigenvalue weighted by molar-refractivity contribution is -0.118. The van der Waals surface area contributed by atoms with E-state index in [1.807, 2.05) is 13.8 Å². The Hall–Kier alpha value is -0.790. The predicted molar refractivity (Wildman–Crippen MR) is 42.3 cm³/mol. The third kappa shape index (κ3) is 5.35. The Morgan fingerprint density at radius 1 is 1.70 bits per heavy atom. The molecule has 1 radical (unpaired) electrons. The smallest absolute Gasteiger partial charge is 0.224 e. The van der Waals surface area contributed by atoms with Crippen LogP contribution in [0.15, 0.2) is 12.7 Å². The molecule has 0 aliphatic heterocycles. The molecule has 0 saturated heterocycles. The zero-order valence-corrected chi connectivity index (χ0v) is 6.55. The van der Waals surface area contributed by atoms with E-state index < -0.39 is 0 Å². The van der Waals surface area contributed by atoms with Crippen molar-refractivity contribution in [2.75, 3.05) is 6.54 Å². The van der Waals surface area contributed by atoms with Crippen molar-refractivity contribution in [2.45, 2.75) is 13.8 Å². The van der Waals surface area contributed by atoms with Crippen LogP contribution in [0.4, 0.5) is 0 Å².